The van der Waals surface area contributed by atoms with Crippen molar-refractivity contribution in [1.82, 2.24) is 9.55 Å². The number of aromatic nitrogens is 2. The fourth-order valence-corrected chi connectivity index (χ4v) is 1.64. The van der Waals surface area contributed by atoms with Crippen molar-refractivity contribution < 1.29 is 9.50 Å². The van der Waals surface area contributed by atoms with Gasteiger partial charge in [-0.3, -0.25) is 0 Å². The van der Waals surface area contributed by atoms with Crippen molar-refractivity contribution in [2.45, 2.75) is 13.5 Å². The van der Waals surface area contributed by atoms with Gasteiger partial charge in [0.05, 0.1) is 12.3 Å². The molecule has 0 aliphatic carbocycles. The maximum atomic E-state index is 12.8. The molecular weight excluding hydrogens is 207 g/mol. The zero-order chi connectivity index (χ0) is 11.7. The minimum absolute atomic E-state index is 0.0825. The summed E-state index contributed by atoms with van der Waals surface area (Å²) in [6.45, 7) is 1.81. The molecule has 0 unspecified atom stereocenters. The first-order valence-corrected chi connectivity index (χ1v) is 5.02. The zero-order valence-electron chi connectivity index (χ0n) is 9.24. The predicted octanol–water partition coefficient (Wildman–Crippen LogP) is 2.03. The second-order valence-corrected chi connectivity index (χ2v) is 3.69. The standard InChI is InChI=1S/C12H13FN2O/c1-8-11(7-16)14-12(15(8)2)9-3-5-10(13)6-4-9/h3-6,16H,7H2,1-2H3. The molecule has 2 rings (SSSR count). The van der Waals surface area contributed by atoms with Crippen LogP contribution in [0.3, 0.4) is 0 Å². The van der Waals surface area contributed by atoms with Gasteiger partial charge in [-0.2, -0.15) is 0 Å². The fraction of sp³-hybridized carbons (Fsp3) is 0.250. The summed E-state index contributed by atoms with van der Waals surface area (Å²) < 4.78 is 14.7. The van der Waals surface area contributed by atoms with Gasteiger partial charge in [0.25, 0.3) is 0 Å². The van der Waals surface area contributed by atoms with E-state index >= 15 is 0 Å². The largest absolute Gasteiger partial charge is 0.390 e. The number of halogens is 1. The van der Waals surface area contributed by atoms with Crippen LogP contribution in [-0.4, -0.2) is 14.7 Å². The molecule has 0 aliphatic rings. The maximum Gasteiger partial charge on any atom is 0.140 e. The lowest BCUT2D eigenvalue weighted by Gasteiger charge is -2.02. The van der Waals surface area contributed by atoms with Crippen molar-refractivity contribution in [2.24, 2.45) is 7.05 Å². The van der Waals surface area contributed by atoms with E-state index in [1.807, 2.05) is 18.5 Å². The van der Waals surface area contributed by atoms with E-state index in [0.717, 1.165) is 17.1 Å². The average molecular weight is 220 g/mol. The molecular formula is C12H13FN2O. The van der Waals surface area contributed by atoms with Crippen LogP contribution in [0.25, 0.3) is 11.4 Å². The van der Waals surface area contributed by atoms with E-state index < -0.39 is 0 Å². The zero-order valence-corrected chi connectivity index (χ0v) is 9.24. The van der Waals surface area contributed by atoms with Crippen molar-refractivity contribution in [3.8, 4) is 11.4 Å². The molecule has 0 amide bonds. The minimum Gasteiger partial charge on any atom is -0.390 e. The first kappa shape index (κ1) is 10.8. The molecule has 0 spiro atoms. The minimum atomic E-state index is -0.267. The Morgan fingerprint density at radius 2 is 1.94 bits per heavy atom. The summed E-state index contributed by atoms with van der Waals surface area (Å²) in [4.78, 5) is 4.32. The average Bonchev–Trinajstić information content (AvgIpc) is 2.57. The van der Waals surface area contributed by atoms with Crippen LogP contribution in [0.5, 0.6) is 0 Å². The molecule has 84 valence electrons. The van der Waals surface area contributed by atoms with Crippen molar-refractivity contribution in [3.05, 3.63) is 41.5 Å². The van der Waals surface area contributed by atoms with Crippen LogP contribution in [0.15, 0.2) is 24.3 Å². The lowest BCUT2D eigenvalue weighted by Crippen LogP contribution is -1.95. The number of rotatable bonds is 2. The second kappa shape index (κ2) is 4.06. The van der Waals surface area contributed by atoms with Crippen LogP contribution in [0.4, 0.5) is 4.39 Å². The van der Waals surface area contributed by atoms with Crippen molar-refractivity contribution in [1.29, 1.82) is 0 Å². The van der Waals surface area contributed by atoms with Gasteiger partial charge in [-0.05, 0) is 31.2 Å². The normalized spacial score (nSPS) is 10.8. The molecule has 1 aromatic heterocycles. The van der Waals surface area contributed by atoms with E-state index in [0.29, 0.717) is 5.69 Å². The highest BCUT2D eigenvalue weighted by atomic mass is 19.1. The molecule has 0 radical (unpaired) electrons. The summed E-state index contributed by atoms with van der Waals surface area (Å²) in [5.74, 6) is 0.471. The third-order valence-electron chi connectivity index (χ3n) is 2.73. The Morgan fingerprint density at radius 3 is 2.44 bits per heavy atom. The molecule has 0 aliphatic heterocycles. The maximum absolute atomic E-state index is 12.8. The summed E-state index contributed by atoms with van der Waals surface area (Å²) in [5, 5.41) is 9.11. The number of imidazole rings is 1. The van der Waals surface area contributed by atoms with Crippen LogP contribution in [0.1, 0.15) is 11.4 Å². The van der Waals surface area contributed by atoms with Gasteiger partial charge < -0.3 is 9.67 Å². The van der Waals surface area contributed by atoms with E-state index in [1.54, 1.807) is 12.1 Å². The molecule has 1 heterocycles. The fourth-order valence-electron chi connectivity index (χ4n) is 1.64. The third-order valence-corrected chi connectivity index (χ3v) is 2.73. The van der Waals surface area contributed by atoms with E-state index in [2.05, 4.69) is 4.98 Å². The van der Waals surface area contributed by atoms with E-state index in [-0.39, 0.29) is 12.4 Å². The monoisotopic (exact) mass is 220 g/mol. The van der Waals surface area contributed by atoms with Gasteiger partial charge in [0, 0.05) is 18.3 Å². The molecule has 16 heavy (non-hydrogen) atoms. The topological polar surface area (TPSA) is 38.1 Å². The summed E-state index contributed by atoms with van der Waals surface area (Å²) in [6.07, 6.45) is 0. The molecule has 0 fully saturated rings. The van der Waals surface area contributed by atoms with Crippen molar-refractivity contribution >= 4 is 0 Å². The molecule has 1 N–H and O–H groups in total. The van der Waals surface area contributed by atoms with Crippen LogP contribution in [0.2, 0.25) is 0 Å². The molecule has 0 bridgehead atoms. The molecule has 0 saturated heterocycles. The number of benzene rings is 1. The quantitative estimate of drug-likeness (QED) is 0.840. The molecule has 4 heteroatoms. The highest BCUT2D eigenvalue weighted by Crippen LogP contribution is 2.21. The Bertz CT molecular complexity index is 502. The number of aliphatic hydroxyl groups excluding tert-OH is 1. The number of nitrogens with zero attached hydrogens (tertiary/aromatic N) is 2. The van der Waals surface area contributed by atoms with E-state index in [9.17, 15) is 4.39 Å². The lowest BCUT2D eigenvalue weighted by molar-refractivity contribution is 0.276. The van der Waals surface area contributed by atoms with Gasteiger partial charge in [0.1, 0.15) is 11.6 Å². The first-order chi connectivity index (χ1) is 7.63. The van der Waals surface area contributed by atoms with Crippen LogP contribution < -0.4 is 0 Å². The van der Waals surface area contributed by atoms with Gasteiger partial charge in [0.2, 0.25) is 0 Å². The molecule has 0 atom stereocenters. The first-order valence-electron chi connectivity index (χ1n) is 5.02. The molecule has 2 aromatic rings. The van der Waals surface area contributed by atoms with E-state index in [4.69, 9.17) is 5.11 Å². The highest BCUT2D eigenvalue weighted by molar-refractivity contribution is 5.56. The van der Waals surface area contributed by atoms with Gasteiger partial charge in [-0.25, -0.2) is 9.37 Å². The third kappa shape index (κ3) is 1.72. The smallest absolute Gasteiger partial charge is 0.140 e. The van der Waals surface area contributed by atoms with Gasteiger partial charge in [0.15, 0.2) is 0 Å². The van der Waals surface area contributed by atoms with Crippen molar-refractivity contribution in [2.75, 3.05) is 0 Å². The predicted molar refractivity (Wildman–Crippen MR) is 59.3 cm³/mol. The van der Waals surface area contributed by atoms with Gasteiger partial charge in [-0.15, -0.1) is 0 Å². The Morgan fingerprint density at radius 1 is 1.31 bits per heavy atom. The second-order valence-electron chi connectivity index (χ2n) is 3.69. The van der Waals surface area contributed by atoms with Crippen molar-refractivity contribution in [3.63, 3.8) is 0 Å². The van der Waals surface area contributed by atoms with Crippen LogP contribution >= 0.6 is 0 Å². The summed E-state index contributed by atoms with van der Waals surface area (Å²) in [5.41, 5.74) is 2.41. The Hall–Kier alpha value is -1.68. The SMILES string of the molecule is Cc1c(CO)nc(-c2ccc(F)cc2)n1C. The summed E-state index contributed by atoms with van der Waals surface area (Å²) in [7, 11) is 1.88. The number of aliphatic hydroxyl groups is 1. The van der Waals surface area contributed by atoms with Crippen LogP contribution in [0, 0.1) is 12.7 Å². The molecule has 3 nitrogen and oxygen atoms in total. The van der Waals surface area contributed by atoms with E-state index in [1.165, 1.54) is 12.1 Å². The summed E-state index contributed by atoms with van der Waals surface area (Å²) >= 11 is 0. The Labute approximate surface area is 93.2 Å². The van der Waals surface area contributed by atoms with Gasteiger partial charge >= 0.3 is 0 Å². The Kier molecular flexibility index (Phi) is 2.75. The number of hydrogen-bond acceptors (Lipinski definition) is 2. The van der Waals surface area contributed by atoms with Gasteiger partial charge in [-0.1, -0.05) is 0 Å². The molecule has 0 saturated carbocycles. The van der Waals surface area contributed by atoms with Crippen LogP contribution in [-0.2, 0) is 13.7 Å². The summed E-state index contributed by atoms with van der Waals surface area (Å²) in [6, 6.07) is 6.16. The Balaban J connectivity index is 2.52. The lowest BCUT2D eigenvalue weighted by atomic mass is 10.2. The number of hydrogen-bond donors (Lipinski definition) is 1. The highest BCUT2D eigenvalue weighted by Gasteiger charge is 2.11. The molecule has 1 aromatic carbocycles.